The molecule has 2 nitrogen and oxygen atoms in total. The molecule has 0 aliphatic carbocycles. The highest BCUT2D eigenvalue weighted by atomic mass is 15.1. The molecule has 0 aliphatic rings. The van der Waals surface area contributed by atoms with E-state index in [-0.39, 0.29) is 0 Å². The summed E-state index contributed by atoms with van der Waals surface area (Å²) in [6.07, 6.45) is 0. The summed E-state index contributed by atoms with van der Waals surface area (Å²) in [7, 11) is 0. The molecular formula is C58H50N2. The van der Waals surface area contributed by atoms with Crippen molar-refractivity contribution in [1.29, 1.82) is 0 Å². The van der Waals surface area contributed by atoms with E-state index in [0.717, 1.165) is 11.4 Å². The number of nitrogens with zero attached hydrogens (tertiary/aromatic N) is 2. The van der Waals surface area contributed by atoms with Crippen molar-refractivity contribution < 1.29 is 0 Å². The van der Waals surface area contributed by atoms with Gasteiger partial charge in [0.15, 0.2) is 0 Å². The van der Waals surface area contributed by atoms with E-state index in [1.165, 1.54) is 121 Å². The van der Waals surface area contributed by atoms with Gasteiger partial charge in [-0.25, -0.2) is 0 Å². The lowest BCUT2D eigenvalue weighted by atomic mass is 9.87. The highest BCUT2D eigenvalue weighted by Gasteiger charge is 2.21. The number of anilines is 6. The van der Waals surface area contributed by atoms with Crippen molar-refractivity contribution in [3.05, 3.63) is 202 Å². The third-order valence-corrected chi connectivity index (χ3v) is 12.1. The average Bonchev–Trinajstić information content (AvgIpc) is 3.19. The summed E-state index contributed by atoms with van der Waals surface area (Å²) in [5, 5.41) is 12.7. The van der Waals surface area contributed by atoms with E-state index >= 15 is 0 Å². The molecule has 0 N–H and O–H groups in total. The van der Waals surface area contributed by atoms with Crippen LogP contribution in [0.3, 0.4) is 0 Å². The lowest BCUT2D eigenvalue weighted by Crippen LogP contribution is -2.11. The van der Waals surface area contributed by atoms with Crippen LogP contribution in [0.25, 0.3) is 53.9 Å². The van der Waals surface area contributed by atoms with Gasteiger partial charge in [0.1, 0.15) is 0 Å². The quantitative estimate of drug-likeness (QED) is 0.155. The minimum atomic E-state index is 1.15. The minimum Gasteiger partial charge on any atom is -0.310 e. The van der Waals surface area contributed by atoms with Crippen molar-refractivity contribution in [3.8, 4) is 0 Å². The van der Waals surface area contributed by atoms with Crippen molar-refractivity contribution in [3.63, 3.8) is 0 Å². The van der Waals surface area contributed by atoms with Gasteiger partial charge in [0.05, 0.1) is 0 Å². The van der Waals surface area contributed by atoms with Crippen LogP contribution in [-0.2, 0) is 0 Å². The van der Waals surface area contributed by atoms with Crippen molar-refractivity contribution >= 4 is 88.0 Å². The fraction of sp³-hybridized carbons (Fsp3) is 0.138. The molecule has 0 saturated heterocycles. The summed E-state index contributed by atoms with van der Waals surface area (Å²) in [5.74, 6) is 0. The topological polar surface area (TPSA) is 6.48 Å². The van der Waals surface area contributed by atoms with Crippen LogP contribution in [-0.4, -0.2) is 0 Å². The first kappa shape index (κ1) is 37.4. The molecule has 0 aliphatic heterocycles. The van der Waals surface area contributed by atoms with Crippen LogP contribution in [0.15, 0.2) is 158 Å². The van der Waals surface area contributed by atoms with Gasteiger partial charge >= 0.3 is 0 Å². The van der Waals surface area contributed by atoms with Crippen molar-refractivity contribution in [2.45, 2.75) is 55.4 Å². The minimum absolute atomic E-state index is 1.15. The van der Waals surface area contributed by atoms with Crippen LogP contribution in [0.2, 0.25) is 0 Å². The zero-order chi connectivity index (χ0) is 41.4. The van der Waals surface area contributed by atoms with Crippen molar-refractivity contribution in [2.75, 3.05) is 9.80 Å². The standard InChI is InChI=1S/C58H50N2/c1-35-21-36(2)26-45(25-35)59(46-27-37(3)22-38(4)28-46)43-17-19-53-55(33-43)49-13-9-11-15-51(49)58-54-20-18-44(34-56(54)50-14-10-12-16-52(50)57(53)58)60(47-29-39(5)23-40(6)30-47)48-31-41(7)24-42(8)32-48/h9-34H,1-8H3. The highest BCUT2D eigenvalue weighted by Crippen LogP contribution is 2.48. The molecule has 0 aromatic heterocycles. The molecule has 60 heavy (non-hydrogen) atoms. The average molecular weight is 775 g/mol. The summed E-state index contributed by atoms with van der Waals surface area (Å²) < 4.78 is 0. The predicted octanol–water partition coefficient (Wildman–Crippen LogP) is 16.9. The molecule has 0 amide bonds. The second kappa shape index (κ2) is 14.4. The van der Waals surface area contributed by atoms with Crippen LogP contribution in [0.4, 0.5) is 34.1 Å². The van der Waals surface area contributed by atoms with Gasteiger partial charge in [-0.15, -0.1) is 0 Å². The first-order chi connectivity index (χ1) is 29.0. The second-order valence-corrected chi connectivity index (χ2v) is 17.4. The van der Waals surface area contributed by atoms with E-state index < -0.39 is 0 Å². The molecule has 2 heteroatoms. The fourth-order valence-corrected chi connectivity index (χ4v) is 10.1. The Morgan fingerprint density at radius 3 is 0.750 bits per heavy atom. The van der Waals surface area contributed by atoms with Gasteiger partial charge in [0.25, 0.3) is 0 Å². The molecular weight excluding hydrogens is 725 g/mol. The molecule has 0 atom stereocenters. The Morgan fingerprint density at radius 2 is 0.467 bits per heavy atom. The largest absolute Gasteiger partial charge is 0.310 e. The third-order valence-electron chi connectivity index (χ3n) is 12.1. The maximum absolute atomic E-state index is 2.44. The van der Waals surface area contributed by atoms with Gasteiger partial charge < -0.3 is 9.80 Å². The number of rotatable bonds is 6. The molecule has 0 spiro atoms. The van der Waals surface area contributed by atoms with Gasteiger partial charge in [-0.1, -0.05) is 84.9 Å². The maximum Gasteiger partial charge on any atom is 0.0468 e. The number of hydrogen-bond donors (Lipinski definition) is 0. The lowest BCUT2D eigenvalue weighted by molar-refractivity contribution is 1.24. The zero-order valence-electron chi connectivity index (χ0n) is 35.9. The first-order valence-electron chi connectivity index (χ1n) is 21.2. The van der Waals surface area contributed by atoms with Crippen LogP contribution in [0, 0.1) is 55.4 Å². The Kier molecular flexibility index (Phi) is 8.99. The molecule has 292 valence electrons. The maximum atomic E-state index is 2.44. The first-order valence-corrected chi connectivity index (χ1v) is 21.2. The van der Waals surface area contributed by atoms with E-state index in [2.05, 4.69) is 223 Å². The molecule has 0 radical (unpaired) electrons. The number of aryl methyl sites for hydroxylation is 8. The SMILES string of the molecule is Cc1cc(C)cc(N(c2cc(C)cc(C)c2)c2ccc3c(c2)c2ccccc2c2c4ccc(N(c5cc(C)cc(C)c5)c5cc(C)cc(C)c5)cc4c4ccccc4c32)c1. The molecule has 10 rings (SSSR count). The second-order valence-electron chi connectivity index (χ2n) is 17.4. The number of benzene rings is 10. The molecule has 0 unspecified atom stereocenters. The van der Waals surface area contributed by atoms with E-state index in [4.69, 9.17) is 0 Å². The summed E-state index contributed by atoms with van der Waals surface area (Å²) in [6, 6.07) is 59.9. The van der Waals surface area contributed by atoms with Crippen LogP contribution in [0.5, 0.6) is 0 Å². The van der Waals surface area contributed by atoms with Gasteiger partial charge in [-0.05, 0) is 227 Å². The van der Waals surface area contributed by atoms with Crippen LogP contribution in [0.1, 0.15) is 44.5 Å². The Hall–Kier alpha value is -6.90. The van der Waals surface area contributed by atoms with E-state index in [0.29, 0.717) is 0 Å². The van der Waals surface area contributed by atoms with Gasteiger partial charge in [0.2, 0.25) is 0 Å². The zero-order valence-corrected chi connectivity index (χ0v) is 35.9. The molecule has 0 fully saturated rings. The molecule has 0 saturated carbocycles. The van der Waals surface area contributed by atoms with Crippen molar-refractivity contribution in [1.82, 2.24) is 0 Å². The van der Waals surface area contributed by atoms with Gasteiger partial charge in [-0.2, -0.15) is 0 Å². The molecule has 10 aromatic carbocycles. The summed E-state index contributed by atoms with van der Waals surface area (Å²) in [4.78, 5) is 4.88. The van der Waals surface area contributed by atoms with Gasteiger partial charge in [0, 0.05) is 34.1 Å². The normalized spacial score (nSPS) is 11.7. The van der Waals surface area contributed by atoms with Gasteiger partial charge in [-0.3, -0.25) is 0 Å². The Labute approximate surface area is 354 Å². The van der Waals surface area contributed by atoms with Crippen molar-refractivity contribution in [2.24, 2.45) is 0 Å². The predicted molar refractivity (Wildman–Crippen MR) is 261 cm³/mol. The summed E-state index contributed by atoms with van der Waals surface area (Å²) in [6.45, 7) is 17.5. The lowest BCUT2D eigenvalue weighted by Gasteiger charge is -2.28. The highest BCUT2D eigenvalue weighted by molar-refractivity contribution is 6.39. The number of hydrogen-bond acceptors (Lipinski definition) is 2. The smallest absolute Gasteiger partial charge is 0.0468 e. The summed E-state index contributed by atoms with van der Waals surface area (Å²) >= 11 is 0. The Bertz CT molecular complexity index is 2960. The number of fused-ring (bicyclic) bond motifs is 11. The van der Waals surface area contributed by atoms with E-state index in [9.17, 15) is 0 Å². The van der Waals surface area contributed by atoms with Crippen LogP contribution >= 0.6 is 0 Å². The Morgan fingerprint density at radius 1 is 0.217 bits per heavy atom. The van der Waals surface area contributed by atoms with E-state index in [1.54, 1.807) is 0 Å². The third kappa shape index (κ3) is 6.44. The Balaban J connectivity index is 1.27. The van der Waals surface area contributed by atoms with Crippen LogP contribution < -0.4 is 9.80 Å². The molecule has 0 bridgehead atoms. The summed E-state index contributed by atoms with van der Waals surface area (Å²) in [5.41, 5.74) is 17.0. The van der Waals surface area contributed by atoms with E-state index in [1.807, 2.05) is 0 Å². The monoisotopic (exact) mass is 774 g/mol. The molecule has 10 aromatic rings. The fourth-order valence-electron chi connectivity index (χ4n) is 10.1. The molecule has 0 heterocycles.